The highest BCUT2D eigenvalue weighted by atomic mass is 16.5. The second-order valence-corrected chi connectivity index (χ2v) is 4.43. The first-order valence-corrected chi connectivity index (χ1v) is 5.87. The van der Waals surface area contributed by atoms with E-state index in [-0.39, 0.29) is 0 Å². The van der Waals surface area contributed by atoms with Gasteiger partial charge in [0, 0.05) is 25.7 Å². The van der Waals surface area contributed by atoms with Crippen molar-refractivity contribution in [3.63, 3.8) is 0 Å². The molecule has 0 aliphatic carbocycles. The summed E-state index contributed by atoms with van der Waals surface area (Å²) in [6, 6.07) is 6.79. The van der Waals surface area contributed by atoms with E-state index in [1.54, 1.807) is 0 Å². The Morgan fingerprint density at radius 2 is 2.12 bits per heavy atom. The van der Waals surface area contributed by atoms with E-state index in [2.05, 4.69) is 36.6 Å². The third kappa shape index (κ3) is 2.97. The number of fused-ring (bicyclic) bond motifs is 1. The fraction of sp³-hybridized carbons (Fsp3) is 0.538. The minimum Gasteiger partial charge on any atom is -0.492 e. The molecule has 3 nitrogen and oxygen atoms in total. The first-order chi connectivity index (χ1) is 7.75. The lowest BCUT2D eigenvalue weighted by Gasteiger charge is -2.10. The monoisotopic (exact) mass is 219 g/mol. The fourth-order valence-corrected chi connectivity index (χ4v) is 1.81. The van der Waals surface area contributed by atoms with Crippen molar-refractivity contribution in [1.82, 2.24) is 10.6 Å². The van der Waals surface area contributed by atoms with Gasteiger partial charge >= 0.3 is 0 Å². The predicted molar refractivity (Wildman–Crippen MR) is 64.6 cm³/mol. The Hall–Kier alpha value is -1.06. The van der Waals surface area contributed by atoms with Crippen LogP contribution in [-0.4, -0.2) is 19.2 Å². The number of nitrogens with zero attached hydrogens (tertiary/aromatic N) is 1. The van der Waals surface area contributed by atoms with Gasteiger partial charge in [0.1, 0.15) is 12.4 Å². The van der Waals surface area contributed by atoms with E-state index in [1.807, 2.05) is 6.07 Å². The molecule has 87 valence electrons. The number of hydrogen-bond acceptors (Lipinski definition) is 2. The lowest BCUT2D eigenvalue weighted by Crippen LogP contribution is -2.27. The number of ether oxygens (including phenoxy) is 1. The molecule has 2 rings (SSSR count). The normalized spacial score (nSPS) is 14.2. The molecule has 1 aliphatic rings. The van der Waals surface area contributed by atoms with Gasteiger partial charge in [-0.2, -0.15) is 0 Å². The molecule has 1 N–H and O–H groups in total. The summed E-state index contributed by atoms with van der Waals surface area (Å²) >= 11 is 0. The molecule has 0 bridgehead atoms. The summed E-state index contributed by atoms with van der Waals surface area (Å²) in [5.41, 5.74) is 2.65. The van der Waals surface area contributed by atoms with Crippen molar-refractivity contribution in [2.75, 3.05) is 13.2 Å². The van der Waals surface area contributed by atoms with Crippen LogP contribution in [0.4, 0.5) is 0 Å². The van der Waals surface area contributed by atoms with Gasteiger partial charge in [-0.25, -0.2) is 5.32 Å². The molecule has 0 fully saturated rings. The second-order valence-electron chi connectivity index (χ2n) is 4.43. The fourth-order valence-electron chi connectivity index (χ4n) is 1.81. The van der Waals surface area contributed by atoms with Crippen LogP contribution in [0.1, 0.15) is 25.0 Å². The van der Waals surface area contributed by atoms with E-state index in [4.69, 9.17) is 4.74 Å². The molecule has 1 aromatic rings. The van der Waals surface area contributed by atoms with E-state index in [1.165, 1.54) is 11.1 Å². The van der Waals surface area contributed by atoms with Crippen LogP contribution in [0, 0.1) is 0 Å². The van der Waals surface area contributed by atoms with Gasteiger partial charge in [-0.15, -0.1) is 0 Å². The van der Waals surface area contributed by atoms with Crippen molar-refractivity contribution < 1.29 is 4.74 Å². The van der Waals surface area contributed by atoms with E-state index in [0.717, 1.165) is 25.4 Å². The Balaban J connectivity index is 1.81. The van der Waals surface area contributed by atoms with Crippen LogP contribution in [0.5, 0.6) is 5.75 Å². The van der Waals surface area contributed by atoms with Gasteiger partial charge < -0.3 is 10.1 Å². The zero-order chi connectivity index (χ0) is 11.4. The molecular weight excluding hydrogens is 200 g/mol. The first kappa shape index (κ1) is 11.4. The van der Waals surface area contributed by atoms with Crippen LogP contribution in [-0.2, 0) is 13.1 Å². The zero-order valence-corrected chi connectivity index (χ0v) is 9.99. The van der Waals surface area contributed by atoms with Crippen molar-refractivity contribution in [2.24, 2.45) is 0 Å². The molecular formula is C13H19N2O. The topological polar surface area (TPSA) is 35.4 Å². The van der Waals surface area contributed by atoms with E-state index in [9.17, 15) is 0 Å². The highest BCUT2D eigenvalue weighted by Gasteiger charge is 2.11. The van der Waals surface area contributed by atoms with Crippen LogP contribution < -0.4 is 15.4 Å². The van der Waals surface area contributed by atoms with Crippen LogP contribution in [0.15, 0.2) is 18.2 Å². The summed E-state index contributed by atoms with van der Waals surface area (Å²) in [5.74, 6) is 0.960. The molecule has 3 heteroatoms. The van der Waals surface area contributed by atoms with E-state index < -0.39 is 0 Å². The molecule has 0 saturated carbocycles. The maximum absolute atomic E-state index is 5.68. The molecule has 1 aromatic carbocycles. The summed E-state index contributed by atoms with van der Waals surface area (Å²) in [5, 5.41) is 7.67. The summed E-state index contributed by atoms with van der Waals surface area (Å²) in [6.45, 7) is 7.59. The van der Waals surface area contributed by atoms with Gasteiger partial charge in [-0.3, -0.25) is 0 Å². The molecule has 1 aliphatic heterocycles. The molecule has 1 radical (unpaired) electrons. The third-order valence-electron chi connectivity index (χ3n) is 2.67. The largest absolute Gasteiger partial charge is 0.492 e. The molecule has 0 spiro atoms. The lowest BCUT2D eigenvalue weighted by molar-refractivity contribution is 0.308. The highest BCUT2D eigenvalue weighted by Crippen LogP contribution is 2.22. The summed E-state index contributed by atoms with van der Waals surface area (Å²) < 4.78 is 5.68. The Morgan fingerprint density at radius 1 is 1.31 bits per heavy atom. The van der Waals surface area contributed by atoms with Gasteiger partial charge in [0.15, 0.2) is 0 Å². The highest BCUT2D eigenvalue weighted by molar-refractivity contribution is 5.37. The van der Waals surface area contributed by atoms with Crippen molar-refractivity contribution in [3.8, 4) is 5.75 Å². The average Bonchev–Trinajstić information content (AvgIpc) is 2.71. The lowest BCUT2D eigenvalue weighted by atomic mass is 10.1. The van der Waals surface area contributed by atoms with Crippen LogP contribution in [0.25, 0.3) is 0 Å². The Labute approximate surface area is 97.2 Å². The molecule has 1 heterocycles. The van der Waals surface area contributed by atoms with Gasteiger partial charge in [-0.05, 0) is 23.3 Å². The Bertz CT molecular complexity index is 350. The summed E-state index contributed by atoms with van der Waals surface area (Å²) in [7, 11) is 0. The number of benzene rings is 1. The van der Waals surface area contributed by atoms with Crippen molar-refractivity contribution in [1.29, 1.82) is 0 Å². The maximum Gasteiger partial charge on any atom is 0.119 e. The maximum atomic E-state index is 5.68. The molecule has 0 saturated heterocycles. The van der Waals surface area contributed by atoms with Crippen LogP contribution >= 0.6 is 0 Å². The third-order valence-corrected chi connectivity index (χ3v) is 2.67. The Morgan fingerprint density at radius 3 is 2.94 bits per heavy atom. The summed E-state index contributed by atoms with van der Waals surface area (Å²) in [6.07, 6.45) is 0. The molecule has 0 unspecified atom stereocenters. The van der Waals surface area contributed by atoms with Gasteiger partial charge in [-0.1, -0.05) is 19.9 Å². The smallest absolute Gasteiger partial charge is 0.119 e. The molecule has 0 aromatic heterocycles. The van der Waals surface area contributed by atoms with E-state index in [0.29, 0.717) is 12.6 Å². The summed E-state index contributed by atoms with van der Waals surface area (Å²) in [4.78, 5) is 0. The number of hydrogen-bond donors (Lipinski definition) is 1. The Kier molecular flexibility index (Phi) is 3.80. The number of nitrogens with one attached hydrogen (secondary N) is 1. The van der Waals surface area contributed by atoms with Crippen molar-refractivity contribution >= 4 is 0 Å². The van der Waals surface area contributed by atoms with Gasteiger partial charge in [0.05, 0.1) is 0 Å². The van der Waals surface area contributed by atoms with E-state index >= 15 is 0 Å². The first-order valence-electron chi connectivity index (χ1n) is 5.87. The van der Waals surface area contributed by atoms with Crippen LogP contribution in [0.3, 0.4) is 0 Å². The minimum atomic E-state index is 0.516. The molecule has 16 heavy (non-hydrogen) atoms. The average molecular weight is 219 g/mol. The second kappa shape index (κ2) is 5.32. The van der Waals surface area contributed by atoms with Crippen LogP contribution in [0.2, 0.25) is 0 Å². The minimum absolute atomic E-state index is 0.516. The van der Waals surface area contributed by atoms with Crippen molar-refractivity contribution in [3.05, 3.63) is 29.3 Å². The number of rotatable bonds is 5. The zero-order valence-electron chi connectivity index (χ0n) is 9.99. The van der Waals surface area contributed by atoms with Gasteiger partial charge in [0.25, 0.3) is 0 Å². The molecule has 0 amide bonds. The quantitative estimate of drug-likeness (QED) is 0.765. The SMILES string of the molecule is CC(C)NCCOc1ccc2c(c1)C[N]C2. The standard InChI is InChI=1S/C13H19N2O/c1-10(2)15-5-6-16-13-4-3-11-8-14-9-12(11)7-13/h3-4,7,10,15H,5-6,8-9H2,1-2H3. The van der Waals surface area contributed by atoms with Gasteiger partial charge in [0.2, 0.25) is 0 Å². The van der Waals surface area contributed by atoms with Crippen molar-refractivity contribution in [2.45, 2.75) is 33.0 Å². The molecule has 0 atom stereocenters. The predicted octanol–water partition coefficient (Wildman–Crippen LogP) is 1.68.